The number of carbonyl (C=O) groups is 2. The Bertz CT molecular complexity index is 1130. The molecule has 2 fully saturated rings. The van der Waals surface area contributed by atoms with Gasteiger partial charge in [0, 0.05) is 38.2 Å². The van der Waals surface area contributed by atoms with Crippen molar-refractivity contribution in [1.82, 2.24) is 20.0 Å². The van der Waals surface area contributed by atoms with Crippen LogP contribution >= 0.6 is 0 Å². The molecular formula is C24H30FN5O3. The summed E-state index contributed by atoms with van der Waals surface area (Å²) in [6, 6.07) is 4.45. The third kappa shape index (κ3) is 4.55. The lowest BCUT2D eigenvalue weighted by molar-refractivity contribution is -0.138. The average molecular weight is 456 g/mol. The molecule has 0 radical (unpaired) electrons. The smallest absolute Gasteiger partial charge is 0.267 e. The number of nitrogens with two attached hydrogens (primary N) is 1. The van der Waals surface area contributed by atoms with Crippen molar-refractivity contribution in [3.63, 3.8) is 0 Å². The van der Waals surface area contributed by atoms with E-state index in [1.807, 2.05) is 6.92 Å². The van der Waals surface area contributed by atoms with E-state index in [2.05, 4.69) is 10.2 Å². The number of aromatic amines is 1. The van der Waals surface area contributed by atoms with E-state index in [-0.39, 0.29) is 17.0 Å². The maximum Gasteiger partial charge on any atom is 0.267 e. The summed E-state index contributed by atoms with van der Waals surface area (Å²) in [6.45, 7) is 5.01. The number of carbonyl (C=O) groups excluding carboxylic acids is 2. The standard InChI is InChI=1S/C24H30FN5O3/c1-15-16(2)21(31)28-27-20(15)14-17-5-6-19(25)18(13-17)22(32)29-9-11-30(12-10-29)23(33)24(26)7-3-4-8-24/h5-6,13H,3-4,7-12,14,26H2,1-2H3,(H,28,31). The molecule has 8 nitrogen and oxygen atoms in total. The van der Waals surface area contributed by atoms with Crippen LogP contribution in [-0.2, 0) is 11.2 Å². The zero-order valence-corrected chi connectivity index (χ0v) is 19.1. The Morgan fingerprint density at radius 1 is 1.09 bits per heavy atom. The number of rotatable bonds is 4. The molecule has 0 spiro atoms. The molecule has 1 aliphatic carbocycles. The van der Waals surface area contributed by atoms with Crippen molar-refractivity contribution >= 4 is 11.8 Å². The number of nitrogens with one attached hydrogen (secondary N) is 1. The predicted molar refractivity (Wildman–Crippen MR) is 121 cm³/mol. The summed E-state index contributed by atoms with van der Waals surface area (Å²) in [7, 11) is 0. The Morgan fingerprint density at radius 3 is 2.39 bits per heavy atom. The van der Waals surface area contributed by atoms with Gasteiger partial charge in [-0.25, -0.2) is 9.49 Å². The van der Waals surface area contributed by atoms with Gasteiger partial charge in [0.2, 0.25) is 5.91 Å². The number of amides is 2. The van der Waals surface area contributed by atoms with Gasteiger partial charge in [0.05, 0.1) is 16.8 Å². The monoisotopic (exact) mass is 455 g/mol. The van der Waals surface area contributed by atoms with Crippen LogP contribution in [-0.4, -0.2) is 63.5 Å². The highest BCUT2D eigenvalue weighted by atomic mass is 19.1. The van der Waals surface area contributed by atoms with E-state index in [1.54, 1.807) is 28.9 Å². The van der Waals surface area contributed by atoms with E-state index in [0.717, 1.165) is 24.0 Å². The molecule has 1 aromatic carbocycles. The molecule has 1 saturated carbocycles. The Kier molecular flexibility index (Phi) is 6.34. The number of nitrogens with zero attached hydrogens (tertiary/aromatic N) is 3. The second-order valence-corrected chi connectivity index (χ2v) is 9.19. The third-order valence-electron chi connectivity index (χ3n) is 7.04. The van der Waals surface area contributed by atoms with Gasteiger partial charge in [-0.05, 0) is 49.9 Å². The van der Waals surface area contributed by atoms with Crippen LogP contribution in [0.25, 0.3) is 0 Å². The van der Waals surface area contributed by atoms with Crippen molar-refractivity contribution in [2.24, 2.45) is 5.73 Å². The van der Waals surface area contributed by atoms with Crippen LogP contribution in [0.3, 0.4) is 0 Å². The molecule has 4 rings (SSSR count). The molecule has 1 aromatic heterocycles. The molecule has 176 valence electrons. The van der Waals surface area contributed by atoms with Gasteiger partial charge < -0.3 is 15.5 Å². The minimum absolute atomic E-state index is 0.00263. The van der Waals surface area contributed by atoms with E-state index in [4.69, 9.17) is 5.73 Å². The first-order chi connectivity index (χ1) is 15.7. The highest BCUT2D eigenvalue weighted by molar-refractivity contribution is 5.95. The quantitative estimate of drug-likeness (QED) is 0.728. The summed E-state index contributed by atoms with van der Waals surface area (Å²) in [5.41, 5.74) is 8.04. The molecule has 2 amide bonds. The zero-order chi connectivity index (χ0) is 23.8. The van der Waals surface area contributed by atoms with E-state index in [1.165, 1.54) is 6.07 Å². The number of H-pyrrole nitrogens is 1. The Labute approximate surface area is 192 Å². The molecule has 0 atom stereocenters. The molecule has 33 heavy (non-hydrogen) atoms. The van der Waals surface area contributed by atoms with Crippen LogP contribution in [0.4, 0.5) is 4.39 Å². The second-order valence-electron chi connectivity index (χ2n) is 9.19. The van der Waals surface area contributed by atoms with Crippen LogP contribution in [0.1, 0.15) is 58.4 Å². The van der Waals surface area contributed by atoms with Crippen LogP contribution < -0.4 is 11.3 Å². The van der Waals surface area contributed by atoms with Gasteiger partial charge in [0.25, 0.3) is 11.5 Å². The lowest BCUT2D eigenvalue weighted by Crippen LogP contribution is -2.59. The lowest BCUT2D eigenvalue weighted by atomic mass is 9.96. The van der Waals surface area contributed by atoms with Crippen molar-refractivity contribution in [3.05, 3.63) is 62.3 Å². The van der Waals surface area contributed by atoms with Gasteiger partial charge in [0.15, 0.2) is 0 Å². The van der Waals surface area contributed by atoms with Gasteiger partial charge in [-0.3, -0.25) is 14.4 Å². The first-order valence-corrected chi connectivity index (χ1v) is 11.4. The molecule has 0 bridgehead atoms. The number of benzene rings is 1. The van der Waals surface area contributed by atoms with Crippen molar-refractivity contribution < 1.29 is 14.0 Å². The normalized spacial score (nSPS) is 17.9. The number of halogens is 1. The van der Waals surface area contributed by atoms with Gasteiger partial charge in [-0.2, -0.15) is 5.10 Å². The third-order valence-corrected chi connectivity index (χ3v) is 7.04. The molecule has 2 aromatic rings. The fourth-order valence-corrected chi connectivity index (χ4v) is 4.70. The first kappa shape index (κ1) is 23.1. The van der Waals surface area contributed by atoms with Crippen LogP contribution in [0.2, 0.25) is 0 Å². The number of piperazine rings is 1. The highest BCUT2D eigenvalue weighted by Crippen LogP contribution is 2.29. The minimum atomic E-state index is -0.779. The van der Waals surface area contributed by atoms with E-state index in [0.29, 0.717) is 56.7 Å². The summed E-state index contributed by atoms with van der Waals surface area (Å²) in [4.78, 5) is 40.9. The molecule has 0 unspecified atom stereocenters. The van der Waals surface area contributed by atoms with Crippen LogP contribution in [0.5, 0.6) is 0 Å². The summed E-state index contributed by atoms with van der Waals surface area (Å²) in [5, 5.41) is 6.58. The summed E-state index contributed by atoms with van der Waals surface area (Å²) in [5.74, 6) is -1.03. The van der Waals surface area contributed by atoms with Crippen LogP contribution in [0.15, 0.2) is 23.0 Å². The average Bonchev–Trinajstić information content (AvgIpc) is 3.27. The number of hydrogen-bond acceptors (Lipinski definition) is 5. The molecule has 9 heteroatoms. The van der Waals surface area contributed by atoms with Gasteiger partial charge in [0.1, 0.15) is 5.82 Å². The number of hydrogen-bond donors (Lipinski definition) is 2. The molecule has 1 saturated heterocycles. The lowest BCUT2D eigenvalue weighted by Gasteiger charge is -2.38. The minimum Gasteiger partial charge on any atom is -0.338 e. The van der Waals surface area contributed by atoms with E-state index in [9.17, 15) is 18.8 Å². The molecule has 2 aliphatic rings. The maximum atomic E-state index is 14.6. The van der Waals surface area contributed by atoms with Crippen molar-refractivity contribution in [3.8, 4) is 0 Å². The maximum absolute atomic E-state index is 14.6. The van der Waals surface area contributed by atoms with Crippen molar-refractivity contribution in [2.45, 2.75) is 51.5 Å². The van der Waals surface area contributed by atoms with Crippen molar-refractivity contribution in [1.29, 1.82) is 0 Å². The SMILES string of the molecule is Cc1c(Cc2ccc(F)c(C(=O)N3CCN(C(=O)C4(N)CCCC4)CC3)c2)n[nH]c(=O)c1C. The second kappa shape index (κ2) is 9.05. The summed E-state index contributed by atoms with van der Waals surface area (Å²) < 4.78 is 14.6. The van der Waals surface area contributed by atoms with Crippen molar-refractivity contribution in [2.75, 3.05) is 26.2 Å². The summed E-state index contributed by atoms with van der Waals surface area (Å²) >= 11 is 0. The van der Waals surface area contributed by atoms with E-state index >= 15 is 0 Å². The van der Waals surface area contributed by atoms with E-state index < -0.39 is 17.3 Å². The largest absolute Gasteiger partial charge is 0.338 e. The fourth-order valence-electron chi connectivity index (χ4n) is 4.70. The zero-order valence-electron chi connectivity index (χ0n) is 19.1. The fraction of sp³-hybridized carbons (Fsp3) is 0.500. The highest BCUT2D eigenvalue weighted by Gasteiger charge is 2.41. The Hall–Kier alpha value is -3.07. The van der Waals surface area contributed by atoms with Gasteiger partial charge >= 0.3 is 0 Å². The molecule has 2 heterocycles. The van der Waals surface area contributed by atoms with Gasteiger partial charge in [-0.15, -0.1) is 0 Å². The molecule has 1 aliphatic heterocycles. The Balaban J connectivity index is 1.45. The molecule has 3 N–H and O–H groups in total. The summed E-state index contributed by atoms with van der Waals surface area (Å²) in [6.07, 6.45) is 3.69. The predicted octanol–water partition coefficient (Wildman–Crippen LogP) is 1.67. The van der Waals surface area contributed by atoms with Crippen LogP contribution in [0, 0.1) is 19.7 Å². The molecular weight excluding hydrogens is 425 g/mol. The van der Waals surface area contributed by atoms with Gasteiger partial charge in [-0.1, -0.05) is 18.9 Å². The topological polar surface area (TPSA) is 112 Å². The number of aromatic nitrogens is 2. The Morgan fingerprint density at radius 2 is 1.73 bits per heavy atom. The first-order valence-electron chi connectivity index (χ1n) is 11.4.